The molecule has 18 heavy (non-hydrogen) atoms. The Balaban J connectivity index is 1.76. The number of hydrogen-bond acceptors (Lipinski definition) is 3. The van der Waals surface area contributed by atoms with Crippen molar-refractivity contribution < 1.29 is 0 Å². The van der Waals surface area contributed by atoms with Crippen LogP contribution in [0.1, 0.15) is 5.56 Å². The number of fused-ring (bicyclic) bond motifs is 1. The highest BCUT2D eigenvalue weighted by molar-refractivity contribution is 5.98. The van der Waals surface area contributed by atoms with E-state index in [1.54, 1.807) is 0 Å². The van der Waals surface area contributed by atoms with Crippen LogP contribution in [-0.4, -0.2) is 54.3 Å². The van der Waals surface area contributed by atoms with Crippen LogP contribution in [0.3, 0.4) is 0 Å². The first-order valence-corrected chi connectivity index (χ1v) is 6.36. The lowest BCUT2D eigenvalue weighted by molar-refractivity contribution is 0.159. The van der Waals surface area contributed by atoms with Crippen molar-refractivity contribution in [2.24, 2.45) is 5.10 Å². The summed E-state index contributed by atoms with van der Waals surface area (Å²) in [6.45, 7) is 4.20. The molecular weight excluding hydrogens is 224 g/mol. The van der Waals surface area contributed by atoms with Crippen molar-refractivity contribution in [1.29, 1.82) is 0 Å². The number of aromatic nitrogens is 1. The van der Waals surface area contributed by atoms with Crippen molar-refractivity contribution in [3.63, 3.8) is 0 Å². The fourth-order valence-electron chi connectivity index (χ4n) is 2.26. The number of likely N-dealkylation sites (N-methyl/N-ethyl adjacent to an activating group) is 1. The number of benzene rings is 1. The Morgan fingerprint density at radius 2 is 1.94 bits per heavy atom. The molecule has 1 aliphatic rings. The molecule has 1 saturated heterocycles. The Morgan fingerprint density at radius 3 is 2.78 bits per heavy atom. The number of piperazine rings is 1. The van der Waals surface area contributed by atoms with Crippen molar-refractivity contribution in [3.05, 3.63) is 36.0 Å². The highest BCUT2D eigenvalue weighted by Gasteiger charge is 2.11. The van der Waals surface area contributed by atoms with Gasteiger partial charge in [0.15, 0.2) is 0 Å². The first kappa shape index (κ1) is 11.3. The van der Waals surface area contributed by atoms with E-state index in [1.165, 1.54) is 5.39 Å². The van der Waals surface area contributed by atoms with Gasteiger partial charge in [-0.15, -0.1) is 0 Å². The van der Waals surface area contributed by atoms with Gasteiger partial charge < -0.3 is 9.88 Å². The minimum Gasteiger partial charge on any atom is -0.361 e. The van der Waals surface area contributed by atoms with E-state index >= 15 is 0 Å². The maximum Gasteiger partial charge on any atom is 0.0564 e. The van der Waals surface area contributed by atoms with Gasteiger partial charge >= 0.3 is 0 Å². The average molecular weight is 242 g/mol. The minimum atomic E-state index is 1.01. The molecule has 0 atom stereocenters. The molecule has 0 aliphatic carbocycles. The molecule has 4 heteroatoms. The minimum absolute atomic E-state index is 1.01. The van der Waals surface area contributed by atoms with E-state index in [0.29, 0.717) is 0 Å². The Hall–Kier alpha value is -1.81. The van der Waals surface area contributed by atoms with Crippen LogP contribution >= 0.6 is 0 Å². The molecule has 1 aromatic heterocycles. The summed E-state index contributed by atoms with van der Waals surface area (Å²) in [5, 5.41) is 7.94. The van der Waals surface area contributed by atoms with E-state index in [1.807, 2.05) is 18.5 Å². The SMILES string of the molecule is CN1CCN(N=Cc2c[nH]c3ccccc23)CC1. The summed E-state index contributed by atoms with van der Waals surface area (Å²) in [6.07, 6.45) is 3.98. The highest BCUT2D eigenvalue weighted by atomic mass is 15.5. The molecule has 0 spiro atoms. The van der Waals surface area contributed by atoms with Crippen molar-refractivity contribution in [3.8, 4) is 0 Å². The molecular formula is C14H18N4. The number of hydrazone groups is 1. The molecule has 0 radical (unpaired) electrons. The average Bonchev–Trinajstić information content (AvgIpc) is 2.82. The first-order valence-electron chi connectivity index (χ1n) is 6.36. The maximum absolute atomic E-state index is 4.57. The fourth-order valence-corrected chi connectivity index (χ4v) is 2.26. The predicted octanol–water partition coefficient (Wildman–Crippen LogP) is 1.75. The third kappa shape index (κ3) is 2.24. The van der Waals surface area contributed by atoms with E-state index in [0.717, 1.165) is 37.3 Å². The zero-order valence-electron chi connectivity index (χ0n) is 10.6. The molecule has 1 aromatic carbocycles. The van der Waals surface area contributed by atoms with Gasteiger partial charge in [0.2, 0.25) is 0 Å². The van der Waals surface area contributed by atoms with Crippen LogP contribution in [0.5, 0.6) is 0 Å². The zero-order valence-corrected chi connectivity index (χ0v) is 10.6. The summed E-state index contributed by atoms with van der Waals surface area (Å²) in [4.78, 5) is 5.60. The molecule has 94 valence electrons. The lowest BCUT2D eigenvalue weighted by Gasteiger charge is -2.30. The quantitative estimate of drug-likeness (QED) is 0.814. The molecule has 0 amide bonds. The summed E-state index contributed by atoms with van der Waals surface area (Å²) in [5.74, 6) is 0. The normalized spacial score (nSPS) is 17.9. The Labute approximate surface area is 107 Å². The van der Waals surface area contributed by atoms with Crippen molar-refractivity contribution in [2.45, 2.75) is 0 Å². The number of para-hydroxylation sites is 1. The topological polar surface area (TPSA) is 34.6 Å². The highest BCUT2D eigenvalue weighted by Crippen LogP contribution is 2.15. The molecule has 4 nitrogen and oxygen atoms in total. The first-order chi connectivity index (χ1) is 8.83. The molecule has 1 N–H and O–H groups in total. The smallest absolute Gasteiger partial charge is 0.0564 e. The van der Waals surface area contributed by atoms with Gasteiger partial charge in [0.05, 0.1) is 6.21 Å². The molecule has 3 rings (SSSR count). The van der Waals surface area contributed by atoms with Crippen LogP contribution < -0.4 is 0 Å². The van der Waals surface area contributed by atoms with Crippen LogP contribution in [0.4, 0.5) is 0 Å². The van der Waals surface area contributed by atoms with E-state index in [2.05, 4.69) is 45.2 Å². The van der Waals surface area contributed by atoms with Gasteiger partial charge in [0, 0.05) is 48.8 Å². The van der Waals surface area contributed by atoms with Gasteiger partial charge in [-0.25, -0.2) is 0 Å². The number of nitrogens with one attached hydrogen (secondary N) is 1. The molecule has 0 saturated carbocycles. The molecule has 1 aliphatic heterocycles. The summed E-state index contributed by atoms with van der Waals surface area (Å²) in [6, 6.07) is 8.31. The van der Waals surface area contributed by atoms with Crippen molar-refractivity contribution in [2.75, 3.05) is 33.2 Å². The van der Waals surface area contributed by atoms with Crippen LogP contribution in [0.25, 0.3) is 10.9 Å². The summed E-state index contributed by atoms with van der Waals surface area (Å²) in [7, 11) is 2.15. The van der Waals surface area contributed by atoms with Gasteiger partial charge in [-0.3, -0.25) is 5.01 Å². The number of nitrogens with zero attached hydrogens (tertiary/aromatic N) is 3. The standard InChI is InChI=1S/C14H18N4/c1-17-6-8-18(9-7-17)16-11-12-10-15-14-5-3-2-4-13(12)14/h2-5,10-11,15H,6-9H2,1H3. The molecule has 0 unspecified atom stereocenters. The maximum atomic E-state index is 4.57. The van der Waals surface area contributed by atoms with E-state index in [9.17, 15) is 0 Å². The zero-order chi connectivity index (χ0) is 12.4. The van der Waals surface area contributed by atoms with Gasteiger partial charge in [-0.05, 0) is 13.1 Å². The largest absolute Gasteiger partial charge is 0.361 e. The molecule has 1 fully saturated rings. The lowest BCUT2D eigenvalue weighted by atomic mass is 10.2. The number of hydrogen-bond donors (Lipinski definition) is 1. The second-order valence-electron chi connectivity index (χ2n) is 4.79. The monoisotopic (exact) mass is 242 g/mol. The third-order valence-corrected chi connectivity index (χ3v) is 3.46. The number of rotatable bonds is 2. The van der Waals surface area contributed by atoms with Crippen molar-refractivity contribution in [1.82, 2.24) is 14.9 Å². The third-order valence-electron chi connectivity index (χ3n) is 3.46. The van der Waals surface area contributed by atoms with Gasteiger partial charge in [0.1, 0.15) is 0 Å². The Bertz CT molecular complexity index is 550. The van der Waals surface area contributed by atoms with Gasteiger partial charge in [-0.2, -0.15) is 5.10 Å². The Morgan fingerprint density at radius 1 is 1.17 bits per heavy atom. The second-order valence-corrected chi connectivity index (χ2v) is 4.79. The Kier molecular flexibility index (Phi) is 3.02. The summed E-state index contributed by atoms with van der Waals surface area (Å²) in [5.41, 5.74) is 2.32. The fraction of sp³-hybridized carbons (Fsp3) is 0.357. The molecule has 2 heterocycles. The van der Waals surface area contributed by atoms with Gasteiger partial charge in [-0.1, -0.05) is 18.2 Å². The van der Waals surface area contributed by atoms with E-state index in [4.69, 9.17) is 0 Å². The van der Waals surface area contributed by atoms with Crippen LogP contribution in [0, 0.1) is 0 Å². The van der Waals surface area contributed by atoms with Crippen LogP contribution in [0.15, 0.2) is 35.6 Å². The second kappa shape index (κ2) is 4.82. The van der Waals surface area contributed by atoms with Crippen LogP contribution in [-0.2, 0) is 0 Å². The number of aromatic amines is 1. The van der Waals surface area contributed by atoms with Crippen LogP contribution in [0.2, 0.25) is 0 Å². The molecule has 2 aromatic rings. The van der Waals surface area contributed by atoms with Gasteiger partial charge in [0.25, 0.3) is 0 Å². The van der Waals surface area contributed by atoms with E-state index in [-0.39, 0.29) is 0 Å². The summed E-state index contributed by atoms with van der Waals surface area (Å²) < 4.78 is 0. The summed E-state index contributed by atoms with van der Waals surface area (Å²) >= 11 is 0. The van der Waals surface area contributed by atoms with Crippen molar-refractivity contribution >= 4 is 17.1 Å². The van der Waals surface area contributed by atoms with E-state index < -0.39 is 0 Å². The predicted molar refractivity (Wildman–Crippen MR) is 75.0 cm³/mol. The number of H-pyrrole nitrogens is 1. The molecule has 0 bridgehead atoms. The lowest BCUT2D eigenvalue weighted by Crippen LogP contribution is -2.41.